The number of benzene rings is 1. The molecule has 3 rings (SSSR count). The van der Waals surface area contributed by atoms with Gasteiger partial charge in [-0.3, -0.25) is 4.79 Å². The van der Waals surface area contributed by atoms with Crippen LogP contribution in [-0.2, 0) is 34.3 Å². The van der Waals surface area contributed by atoms with Gasteiger partial charge in [0.05, 0.1) is 12.9 Å². The van der Waals surface area contributed by atoms with Gasteiger partial charge in [0, 0.05) is 20.0 Å². The number of nitrogens with zero attached hydrogens (tertiary/aromatic N) is 4. The number of carbonyl (C=O) groups is 2. The van der Waals surface area contributed by atoms with Crippen LogP contribution in [0.5, 0.6) is 0 Å². The first-order valence-electron chi connectivity index (χ1n) is 7.94. The molecule has 0 bridgehead atoms. The van der Waals surface area contributed by atoms with Crippen LogP contribution in [0.15, 0.2) is 29.4 Å². The number of amides is 1. The topological polar surface area (TPSA) is 77.3 Å². The van der Waals surface area contributed by atoms with Gasteiger partial charge in [0.2, 0.25) is 5.91 Å². The maximum absolute atomic E-state index is 12.8. The SMILES string of the molecule is COC(=O)[C@@H]1Cc2ccccc2CN1C(=O)CSc1nnc(C)n1C. The van der Waals surface area contributed by atoms with E-state index in [4.69, 9.17) is 4.74 Å². The zero-order valence-electron chi connectivity index (χ0n) is 14.4. The Bertz CT molecular complexity index is 805. The average molecular weight is 360 g/mol. The van der Waals surface area contributed by atoms with E-state index in [9.17, 15) is 9.59 Å². The van der Waals surface area contributed by atoms with E-state index in [0.29, 0.717) is 18.1 Å². The predicted octanol–water partition coefficient (Wildman–Crippen LogP) is 1.34. The van der Waals surface area contributed by atoms with Crippen LogP contribution in [0, 0.1) is 6.92 Å². The summed E-state index contributed by atoms with van der Waals surface area (Å²) in [6.07, 6.45) is 0.475. The summed E-state index contributed by atoms with van der Waals surface area (Å²) in [5.41, 5.74) is 2.15. The maximum atomic E-state index is 12.8. The first-order valence-corrected chi connectivity index (χ1v) is 8.92. The molecule has 0 aliphatic carbocycles. The Kier molecular flexibility index (Phi) is 5.08. The van der Waals surface area contributed by atoms with E-state index in [1.165, 1.54) is 18.9 Å². The van der Waals surface area contributed by atoms with Crippen molar-refractivity contribution in [2.24, 2.45) is 7.05 Å². The minimum absolute atomic E-state index is 0.115. The van der Waals surface area contributed by atoms with Crippen LogP contribution in [0.4, 0.5) is 0 Å². The van der Waals surface area contributed by atoms with Crippen LogP contribution in [0.3, 0.4) is 0 Å². The lowest BCUT2D eigenvalue weighted by Gasteiger charge is -2.35. The lowest BCUT2D eigenvalue weighted by Crippen LogP contribution is -2.49. The molecule has 2 aromatic rings. The summed E-state index contributed by atoms with van der Waals surface area (Å²) in [6, 6.07) is 7.27. The molecule has 1 aromatic heterocycles. The number of aryl methyl sites for hydroxylation is 1. The first kappa shape index (κ1) is 17.5. The van der Waals surface area contributed by atoms with Crippen LogP contribution in [0.1, 0.15) is 17.0 Å². The quantitative estimate of drug-likeness (QED) is 0.605. The third-order valence-electron chi connectivity index (χ3n) is 4.42. The fraction of sp³-hybridized carbons (Fsp3) is 0.412. The van der Waals surface area contributed by atoms with Crippen LogP contribution in [0.25, 0.3) is 0 Å². The molecule has 132 valence electrons. The Morgan fingerprint density at radius 2 is 2.00 bits per heavy atom. The second-order valence-corrected chi connectivity index (χ2v) is 6.85. The minimum Gasteiger partial charge on any atom is -0.467 e. The molecule has 0 radical (unpaired) electrons. The van der Waals surface area contributed by atoms with E-state index in [0.717, 1.165) is 17.0 Å². The molecular formula is C17H20N4O3S. The van der Waals surface area contributed by atoms with Crippen molar-refractivity contribution in [3.8, 4) is 0 Å². The number of esters is 1. The van der Waals surface area contributed by atoms with Gasteiger partial charge in [-0.2, -0.15) is 0 Å². The van der Waals surface area contributed by atoms with Crippen molar-refractivity contribution >= 4 is 23.6 Å². The van der Waals surface area contributed by atoms with Crippen LogP contribution in [0.2, 0.25) is 0 Å². The zero-order chi connectivity index (χ0) is 18.0. The number of hydrogen-bond donors (Lipinski definition) is 0. The molecule has 1 aliphatic heterocycles. The standard InChI is InChI=1S/C17H20N4O3S/c1-11-18-19-17(20(11)2)25-10-15(22)21-9-13-7-5-4-6-12(13)8-14(21)16(23)24-3/h4-7,14H,8-10H2,1-3H3/t14-/m0/s1. The lowest BCUT2D eigenvalue weighted by atomic mass is 9.94. The van der Waals surface area contributed by atoms with Gasteiger partial charge in [0.1, 0.15) is 11.9 Å². The van der Waals surface area contributed by atoms with Gasteiger partial charge in [0.15, 0.2) is 5.16 Å². The molecule has 8 heteroatoms. The molecule has 0 fully saturated rings. The molecule has 25 heavy (non-hydrogen) atoms. The van der Waals surface area contributed by atoms with Gasteiger partial charge < -0.3 is 14.2 Å². The molecule has 0 spiro atoms. The Morgan fingerprint density at radius 3 is 2.64 bits per heavy atom. The van der Waals surface area contributed by atoms with Crippen molar-refractivity contribution in [3.05, 3.63) is 41.2 Å². The first-order chi connectivity index (χ1) is 12.0. The zero-order valence-corrected chi connectivity index (χ0v) is 15.2. The van der Waals surface area contributed by atoms with Gasteiger partial charge >= 0.3 is 5.97 Å². The molecule has 2 heterocycles. The number of hydrogen-bond acceptors (Lipinski definition) is 6. The summed E-state index contributed by atoms with van der Waals surface area (Å²) in [4.78, 5) is 26.5. The average Bonchev–Trinajstić information content (AvgIpc) is 2.96. The third kappa shape index (κ3) is 3.53. The number of ether oxygens (including phenoxy) is 1. The number of methoxy groups -OCH3 is 1. The molecule has 0 saturated carbocycles. The van der Waals surface area contributed by atoms with Crippen LogP contribution >= 0.6 is 11.8 Å². The second kappa shape index (κ2) is 7.26. The highest BCUT2D eigenvalue weighted by Crippen LogP contribution is 2.25. The molecule has 1 amide bonds. The van der Waals surface area contributed by atoms with Crippen molar-refractivity contribution in [2.75, 3.05) is 12.9 Å². The summed E-state index contributed by atoms with van der Waals surface area (Å²) in [5.74, 6) is 0.481. The third-order valence-corrected chi connectivity index (χ3v) is 5.42. The van der Waals surface area contributed by atoms with E-state index in [1.54, 1.807) is 4.90 Å². The molecule has 7 nitrogen and oxygen atoms in total. The Morgan fingerprint density at radius 1 is 1.28 bits per heavy atom. The van der Waals surface area contributed by atoms with Crippen molar-refractivity contribution < 1.29 is 14.3 Å². The number of aromatic nitrogens is 3. The van der Waals surface area contributed by atoms with E-state index < -0.39 is 6.04 Å². The number of thioether (sulfide) groups is 1. The van der Waals surface area contributed by atoms with Crippen molar-refractivity contribution in [3.63, 3.8) is 0 Å². The summed E-state index contributed by atoms with van der Waals surface area (Å²) in [6.45, 7) is 2.26. The molecule has 0 N–H and O–H groups in total. The van der Waals surface area contributed by atoms with Crippen LogP contribution < -0.4 is 0 Å². The monoisotopic (exact) mass is 360 g/mol. The Labute approximate surface area is 150 Å². The van der Waals surface area contributed by atoms with Gasteiger partial charge in [-0.1, -0.05) is 36.0 Å². The summed E-state index contributed by atoms with van der Waals surface area (Å²) < 4.78 is 6.74. The number of rotatable bonds is 4. The number of carbonyl (C=O) groups excluding carboxylic acids is 2. The van der Waals surface area contributed by atoms with Gasteiger partial charge in [-0.25, -0.2) is 4.79 Å². The Hall–Kier alpha value is -2.35. The van der Waals surface area contributed by atoms with E-state index in [-0.39, 0.29) is 17.6 Å². The molecule has 1 aromatic carbocycles. The van der Waals surface area contributed by atoms with Crippen LogP contribution in [-0.4, -0.2) is 50.4 Å². The number of fused-ring (bicyclic) bond motifs is 1. The molecule has 0 saturated heterocycles. The fourth-order valence-electron chi connectivity index (χ4n) is 2.85. The largest absolute Gasteiger partial charge is 0.467 e. The molecule has 1 atom stereocenters. The van der Waals surface area contributed by atoms with Crippen molar-refractivity contribution in [1.82, 2.24) is 19.7 Å². The summed E-state index contributed by atoms with van der Waals surface area (Å²) >= 11 is 1.32. The van der Waals surface area contributed by atoms with E-state index >= 15 is 0 Å². The highest BCUT2D eigenvalue weighted by Gasteiger charge is 2.35. The Balaban J connectivity index is 1.76. The van der Waals surface area contributed by atoms with Crippen molar-refractivity contribution in [1.29, 1.82) is 0 Å². The van der Waals surface area contributed by atoms with Gasteiger partial charge in [0.25, 0.3) is 0 Å². The predicted molar refractivity (Wildman–Crippen MR) is 93.0 cm³/mol. The molecule has 1 aliphatic rings. The normalized spacial score (nSPS) is 16.4. The molecular weight excluding hydrogens is 340 g/mol. The highest BCUT2D eigenvalue weighted by molar-refractivity contribution is 7.99. The van der Waals surface area contributed by atoms with E-state index in [2.05, 4.69) is 10.2 Å². The molecule has 0 unspecified atom stereocenters. The fourth-order valence-corrected chi connectivity index (χ4v) is 3.70. The second-order valence-electron chi connectivity index (χ2n) is 5.91. The maximum Gasteiger partial charge on any atom is 0.328 e. The minimum atomic E-state index is -0.589. The van der Waals surface area contributed by atoms with Crippen molar-refractivity contribution in [2.45, 2.75) is 31.1 Å². The lowest BCUT2D eigenvalue weighted by molar-refractivity contribution is -0.153. The highest BCUT2D eigenvalue weighted by atomic mass is 32.2. The van der Waals surface area contributed by atoms with Gasteiger partial charge in [-0.05, 0) is 18.1 Å². The van der Waals surface area contributed by atoms with Gasteiger partial charge in [-0.15, -0.1) is 10.2 Å². The summed E-state index contributed by atoms with van der Waals surface area (Å²) in [7, 11) is 3.21. The summed E-state index contributed by atoms with van der Waals surface area (Å²) in [5, 5.41) is 8.72. The van der Waals surface area contributed by atoms with E-state index in [1.807, 2.05) is 42.8 Å². The smallest absolute Gasteiger partial charge is 0.328 e.